The van der Waals surface area contributed by atoms with E-state index in [1.165, 1.54) is 77.0 Å². The minimum absolute atomic E-state index is 0. The van der Waals surface area contributed by atoms with Crippen molar-refractivity contribution in [3.05, 3.63) is 0 Å². The quantitative estimate of drug-likeness (QED) is 0.472. The largest absolute Gasteiger partial charge is 2.00 e. The summed E-state index contributed by atoms with van der Waals surface area (Å²) in [6.45, 7) is 0. The van der Waals surface area contributed by atoms with Gasteiger partial charge in [0.25, 0.3) is 0 Å². The molecule has 0 atom stereocenters. The summed E-state index contributed by atoms with van der Waals surface area (Å²) in [4.78, 5) is 0. The maximum Gasteiger partial charge on any atom is 0.0162 e. The second kappa shape index (κ2) is 10.5. The van der Waals surface area contributed by atoms with Gasteiger partial charge in [0.1, 0.15) is 0 Å². The Kier molecular flexibility index (Phi) is 11.3. The zero-order valence-electron chi connectivity index (χ0n) is 16.1. The van der Waals surface area contributed by atoms with Gasteiger partial charge >= 0.3 is 0 Å². The molecule has 4 N–H and O–H groups in total. The molecule has 0 spiro atoms. The van der Waals surface area contributed by atoms with Crippen molar-refractivity contribution >= 4 is 54.0 Å². The van der Waals surface area contributed by atoms with Gasteiger partial charge in [0.05, 0.1) is 0 Å². The van der Waals surface area contributed by atoms with Crippen LogP contribution in [-0.4, -0.2) is 11.1 Å². The Bertz CT molecular complexity index is 364. The van der Waals surface area contributed by atoms with Crippen LogP contribution in [0.5, 0.6) is 0 Å². The van der Waals surface area contributed by atoms with E-state index in [9.17, 15) is 0 Å². The molecule has 8 aliphatic rings. The van der Waals surface area contributed by atoms with E-state index < -0.39 is 0 Å². The summed E-state index contributed by atoms with van der Waals surface area (Å²) in [7, 11) is 0. The Labute approximate surface area is 208 Å². The molecule has 8 rings (SSSR count). The van der Waals surface area contributed by atoms with Crippen molar-refractivity contribution in [1.82, 2.24) is 0 Å². The van der Waals surface area contributed by atoms with Crippen LogP contribution in [0.4, 0.5) is 0 Å². The fourth-order valence-corrected chi connectivity index (χ4v) is 8.36. The summed E-state index contributed by atoms with van der Waals surface area (Å²) in [5.41, 5.74) is 13.2. The molecule has 0 aromatic rings. The number of rotatable bonds is 0. The molecule has 7 heteroatoms. The fraction of sp³-hybridized carbons (Fsp3) is 1.00. The third-order valence-electron chi connectivity index (χ3n) is 8.17. The molecule has 27 heavy (non-hydrogen) atoms. The van der Waals surface area contributed by atoms with Crippen LogP contribution in [0.25, 0.3) is 0 Å². The van der Waals surface area contributed by atoms with Crippen LogP contribution in [0.15, 0.2) is 0 Å². The molecule has 0 amide bonds. The van der Waals surface area contributed by atoms with Gasteiger partial charge in [0, 0.05) is 32.1 Å². The Morgan fingerprint density at radius 3 is 0.667 bits per heavy atom. The molecule has 0 aliphatic heterocycles. The first-order chi connectivity index (χ1) is 10.5. The molecule has 162 valence electrons. The Balaban J connectivity index is 0.000000422. The third kappa shape index (κ3) is 6.04. The Morgan fingerprint density at radius 1 is 0.407 bits per heavy atom. The molecule has 0 aromatic heterocycles. The van der Waals surface area contributed by atoms with Gasteiger partial charge in [0.2, 0.25) is 0 Å². The van der Waals surface area contributed by atoms with Gasteiger partial charge < -0.3 is 65.5 Å². The van der Waals surface area contributed by atoms with Crippen molar-refractivity contribution in [2.45, 2.75) is 88.1 Å². The van der Waals surface area contributed by atoms with Crippen LogP contribution >= 0.6 is 0 Å². The van der Waals surface area contributed by atoms with E-state index in [1.807, 2.05) is 0 Å². The molecule has 0 aromatic carbocycles. The molecule has 0 unspecified atom stereocenters. The monoisotopic (exact) mass is 528 g/mol. The molecular weight excluding hydrogens is 492 g/mol. The van der Waals surface area contributed by atoms with Gasteiger partial charge in [-0.15, -0.1) is 0 Å². The van der Waals surface area contributed by atoms with Crippen molar-refractivity contribution in [2.24, 2.45) is 47.0 Å². The van der Waals surface area contributed by atoms with Gasteiger partial charge in [-0.3, -0.25) is 0 Å². The van der Waals surface area contributed by atoms with Crippen molar-refractivity contribution in [2.75, 3.05) is 0 Å². The van der Waals surface area contributed by atoms with Crippen molar-refractivity contribution in [1.29, 1.82) is 0 Å². The topological polar surface area (TPSA) is 52.0 Å². The van der Waals surface area contributed by atoms with Crippen molar-refractivity contribution in [3.63, 3.8) is 0 Å². The first-order valence-corrected chi connectivity index (χ1v) is 10.0. The van der Waals surface area contributed by atoms with Crippen LogP contribution in [0, 0.1) is 35.5 Å². The predicted molar refractivity (Wildman–Crippen MR) is 120 cm³/mol. The standard InChI is InChI=1S/2C10H17N.Mo.4S/c2*11-10-4-7-1-8(5-10)3-9(2-7)6-10;;;;;/h2*7-9H,1-6,11H2;;;;;/q;;;4*-2. The first kappa shape index (κ1) is 29.0. The predicted octanol–water partition coefficient (Wildman–Crippen LogP) is 3.82. The minimum Gasteiger partial charge on any atom is -2.00 e. The van der Waals surface area contributed by atoms with E-state index >= 15 is 0 Å². The van der Waals surface area contributed by atoms with Gasteiger partial charge in [0.15, 0.2) is 0 Å². The molecule has 8 fully saturated rings. The Morgan fingerprint density at radius 2 is 0.556 bits per heavy atom. The van der Waals surface area contributed by atoms with Gasteiger partial charge in [-0.05, 0) is 113 Å². The summed E-state index contributed by atoms with van der Waals surface area (Å²) >= 11 is 0. The van der Waals surface area contributed by atoms with Gasteiger partial charge in [-0.1, -0.05) is 0 Å². The summed E-state index contributed by atoms with van der Waals surface area (Å²) in [6.07, 6.45) is 17.1. The van der Waals surface area contributed by atoms with E-state index in [-0.39, 0.29) is 75.0 Å². The number of hydrogen-bond donors (Lipinski definition) is 2. The average Bonchev–Trinajstić information content (AvgIpc) is 2.32. The van der Waals surface area contributed by atoms with Gasteiger partial charge in [-0.2, -0.15) is 0 Å². The zero-order valence-corrected chi connectivity index (χ0v) is 21.4. The first-order valence-electron chi connectivity index (χ1n) is 10.0. The van der Waals surface area contributed by atoms with E-state index in [0.29, 0.717) is 11.1 Å². The van der Waals surface area contributed by atoms with Crippen LogP contribution in [-0.2, 0) is 75.0 Å². The van der Waals surface area contributed by atoms with Crippen LogP contribution < -0.4 is 11.5 Å². The molecule has 8 aliphatic carbocycles. The summed E-state index contributed by atoms with van der Waals surface area (Å²) in [5, 5.41) is 0. The summed E-state index contributed by atoms with van der Waals surface area (Å²) < 4.78 is 0. The van der Waals surface area contributed by atoms with E-state index in [1.54, 1.807) is 0 Å². The second-order valence-electron chi connectivity index (χ2n) is 10.6. The fourth-order valence-electron chi connectivity index (χ4n) is 8.36. The molecule has 2 nitrogen and oxygen atoms in total. The van der Waals surface area contributed by atoms with Crippen molar-refractivity contribution < 1.29 is 21.1 Å². The molecule has 8 bridgehead atoms. The van der Waals surface area contributed by atoms with Crippen LogP contribution in [0.1, 0.15) is 77.0 Å². The van der Waals surface area contributed by atoms with E-state index in [2.05, 4.69) is 0 Å². The van der Waals surface area contributed by atoms with E-state index in [0.717, 1.165) is 35.5 Å². The number of nitrogens with two attached hydrogens (primary N) is 2. The van der Waals surface area contributed by atoms with E-state index in [4.69, 9.17) is 11.5 Å². The zero-order chi connectivity index (χ0) is 14.9. The SMILES string of the molecule is NC12CC3CC(CC(C3)C1)C2.NC12CC3CC(CC(C3)C1)C2.[Mo].[S-2].[S-2].[S-2].[S-2]. The minimum atomic E-state index is 0. The maximum atomic E-state index is 6.32. The van der Waals surface area contributed by atoms with Crippen LogP contribution in [0.2, 0.25) is 0 Å². The number of hydrogen-bond acceptors (Lipinski definition) is 2. The average molecular weight is 527 g/mol. The normalized spacial score (nSPS) is 49.1. The maximum absolute atomic E-state index is 6.32. The summed E-state index contributed by atoms with van der Waals surface area (Å²) in [5.74, 6) is 6.12. The molecule has 0 heterocycles. The van der Waals surface area contributed by atoms with Crippen molar-refractivity contribution in [3.8, 4) is 0 Å². The molecule has 0 saturated heterocycles. The van der Waals surface area contributed by atoms with Crippen LogP contribution in [0.3, 0.4) is 0 Å². The smallest absolute Gasteiger partial charge is 0.0162 e. The molecule has 0 radical (unpaired) electrons. The second-order valence-corrected chi connectivity index (χ2v) is 10.6. The molecule has 8 saturated carbocycles. The Hall–Kier alpha value is 2.01. The molecular formula is C20H34MoN2S4-8. The van der Waals surface area contributed by atoms with Gasteiger partial charge in [-0.25, -0.2) is 0 Å². The third-order valence-corrected chi connectivity index (χ3v) is 8.17. The summed E-state index contributed by atoms with van der Waals surface area (Å²) in [6, 6.07) is 0.